The predicted octanol–water partition coefficient (Wildman–Crippen LogP) is 1.07. The zero-order valence-electron chi connectivity index (χ0n) is 10.4. The van der Waals surface area contributed by atoms with Gasteiger partial charge in [-0.05, 0) is 43.6 Å². The molecule has 0 bridgehead atoms. The fourth-order valence-electron chi connectivity index (χ4n) is 2.87. The van der Waals surface area contributed by atoms with Crippen molar-refractivity contribution < 1.29 is 14.6 Å². The first-order valence-corrected chi connectivity index (χ1v) is 6.22. The third kappa shape index (κ3) is 1.79. The molecule has 5 nitrogen and oxygen atoms in total. The topological polar surface area (TPSA) is 68.0 Å². The van der Waals surface area contributed by atoms with E-state index in [1.54, 1.807) is 6.07 Å². The van der Waals surface area contributed by atoms with Crippen molar-refractivity contribution in [3.05, 3.63) is 17.7 Å². The normalized spacial score (nSPS) is 26.8. The van der Waals surface area contributed by atoms with Crippen LogP contribution < -0.4 is 15.2 Å². The van der Waals surface area contributed by atoms with E-state index in [1.807, 2.05) is 6.07 Å². The number of benzene rings is 1. The fourth-order valence-corrected chi connectivity index (χ4v) is 2.87. The summed E-state index contributed by atoms with van der Waals surface area (Å²) in [6.07, 6.45) is 1.02. The molecule has 3 N–H and O–H groups in total. The first kappa shape index (κ1) is 11.6. The van der Waals surface area contributed by atoms with E-state index < -0.39 is 0 Å². The number of phenols is 1. The number of nitrogens with zero attached hydrogens (tertiary/aromatic N) is 1. The minimum atomic E-state index is 0.157. The van der Waals surface area contributed by atoms with Crippen molar-refractivity contribution in [1.29, 1.82) is 0 Å². The summed E-state index contributed by atoms with van der Waals surface area (Å²) < 4.78 is 10.6. The summed E-state index contributed by atoms with van der Waals surface area (Å²) in [5.74, 6) is 1.77. The first-order chi connectivity index (χ1) is 8.69. The van der Waals surface area contributed by atoms with E-state index in [-0.39, 0.29) is 12.5 Å². The van der Waals surface area contributed by atoms with Gasteiger partial charge in [-0.25, -0.2) is 0 Å². The summed E-state index contributed by atoms with van der Waals surface area (Å²) >= 11 is 0. The highest BCUT2D eigenvalue weighted by molar-refractivity contribution is 5.55. The smallest absolute Gasteiger partial charge is 0.231 e. The number of hydrogen-bond acceptors (Lipinski definition) is 5. The molecule has 2 atom stereocenters. The lowest BCUT2D eigenvalue weighted by molar-refractivity contribution is 0.171. The monoisotopic (exact) mass is 250 g/mol. The van der Waals surface area contributed by atoms with Crippen LogP contribution in [0, 0.1) is 5.92 Å². The van der Waals surface area contributed by atoms with Crippen LogP contribution in [0.2, 0.25) is 0 Å². The van der Waals surface area contributed by atoms with Crippen molar-refractivity contribution in [3.8, 4) is 17.2 Å². The molecule has 1 aromatic carbocycles. The molecular weight excluding hydrogens is 232 g/mol. The van der Waals surface area contributed by atoms with Gasteiger partial charge in [-0.3, -0.25) is 4.90 Å². The number of hydrogen-bond donors (Lipinski definition) is 2. The summed E-state index contributed by atoms with van der Waals surface area (Å²) in [7, 11) is 2.09. The van der Waals surface area contributed by atoms with Gasteiger partial charge in [0.1, 0.15) is 0 Å². The highest BCUT2D eigenvalue weighted by Gasteiger charge is 2.31. The zero-order chi connectivity index (χ0) is 12.7. The molecule has 0 saturated carbocycles. The lowest BCUT2D eigenvalue weighted by atomic mass is 9.99. The van der Waals surface area contributed by atoms with E-state index >= 15 is 0 Å². The van der Waals surface area contributed by atoms with Crippen molar-refractivity contribution in [3.63, 3.8) is 0 Å². The van der Waals surface area contributed by atoms with Crippen molar-refractivity contribution in [2.45, 2.75) is 12.5 Å². The molecular formula is C13H18N2O3. The maximum absolute atomic E-state index is 9.93. The van der Waals surface area contributed by atoms with Gasteiger partial charge in [0.15, 0.2) is 11.5 Å². The van der Waals surface area contributed by atoms with Gasteiger partial charge in [-0.1, -0.05) is 0 Å². The van der Waals surface area contributed by atoms with Crippen LogP contribution in [0.25, 0.3) is 0 Å². The van der Waals surface area contributed by atoms with Crippen molar-refractivity contribution >= 4 is 0 Å². The van der Waals surface area contributed by atoms with Crippen molar-refractivity contribution in [2.24, 2.45) is 11.7 Å². The Hall–Kier alpha value is -1.46. The van der Waals surface area contributed by atoms with Crippen LogP contribution in [0.1, 0.15) is 18.0 Å². The third-order valence-corrected chi connectivity index (χ3v) is 3.83. The minimum Gasteiger partial charge on any atom is -0.504 e. The molecule has 1 aromatic rings. The second kappa shape index (κ2) is 4.33. The van der Waals surface area contributed by atoms with Gasteiger partial charge in [0.05, 0.1) is 0 Å². The predicted molar refractivity (Wildman–Crippen MR) is 66.8 cm³/mol. The molecule has 3 rings (SSSR count). The number of phenolic OH excluding ortho intramolecular Hbond substituents is 1. The summed E-state index contributed by atoms with van der Waals surface area (Å²) in [6, 6.07) is 4.02. The molecule has 2 unspecified atom stereocenters. The maximum Gasteiger partial charge on any atom is 0.231 e. The Morgan fingerprint density at radius 1 is 1.44 bits per heavy atom. The fraction of sp³-hybridized carbons (Fsp3) is 0.538. The SMILES string of the molecule is CN1CC(CN)CC1c1cc(O)c2c(c1)OCO2. The Morgan fingerprint density at radius 2 is 2.28 bits per heavy atom. The number of fused-ring (bicyclic) bond motifs is 1. The van der Waals surface area contributed by atoms with E-state index in [1.165, 1.54) is 0 Å². The number of nitrogens with two attached hydrogens (primary N) is 1. The molecule has 1 saturated heterocycles. The van der Waals surface area contributed by atoms with Crippen molar-refractivity contribution in [1.82, 2.24) is 4.90 Å². The lowest BCUT2D eigenvalue weighted by Crippen LogP contribution is -2.20. The number of rotatable bonds is 2. The molecule has 2 aliphatic heterocycles. The largest absolute Gasteiger partial charge is 0.504 e. The first-order valence-electron chi connectivity index (χ1n) is 6.22. The average Bonchev–Trinajstić information content (AvgIpc) is 2.95. The van der Waals surface area contributed by atoms with Gasteiger partial charge < -0.3 is 20.3 Å². The van der Waals surface area contributed by atoms with Crippen LogP contribution in [0.15, 0.2) is 12.1 Å². The molecule has 2 aliphatic rings. The molecule has 0 radical (unpaired) electrons. The second-order valence-electron chi connectivity index (χ2n) is 5.07. The van der Waals surface area contributed by atoms with Crippen LogP contribution in [-0.2, 0) is 0 Å². The molecule has 98 valence electrons. The molecule has 0 spiro atoms. The van der Waals surface area contributed by atoms with Crippen LogP contribution in [0.4, 0.5) is 0 Å². The van der Waals surface area contributed by atoms with Crippen LogP contribution >= 0.6 is 0 Å². The Bertz CT molecular complexity index is 464. The lowest BCUT2D eigenvalue weighted by Gasteiger charge is -2.20. The van der Waals surface area contributed by atoms with Crippen LogP contribution in [0.5, 0.6) is 17.2 Å². The highest BCUT2D eigenvalue weighted by Crippen LogP contribution is 2.45. The van der Waals surface area contributed by atoms with Gasteiger partial charge in [-0.15, -0.1) is 0 Å². The summed E-state index contributed by atoms with van der Waals surface area (Å²) in [5.41, 5.74) is 6.80. The summed E-state index contributed by atoms with van der Waals surface area (Å²) in [6.45, 7) is 1.88. The summed E-state index contributed by atoms with van der Waals surface area (Å²) in [4.78, 5) is 2.27. The van der Waals surface area contributed by atoms with Gasteiger partial charge in [0, 0.05) is 12.6 Å². The molecule has 1 fully saturated rings. The molecule has 2 heterocycles. The van der Waals surface area contributed by atoms with E-state index in [2.05, 4.69) is 11.9 Å². The third-order valence-electron chi connectivity index (χ3n) is 3.83. The molecule has 18 heavy (non-hydrogen) atoms. The number of aromatic hydroxyl groups is 1. The van der Waals surface area contributed by atoms with Crippen LogP contribution in [-0.4, -0.2) is 36.9 Å². The van der Waals surface area contributed by atoms with E-state index in [4.69, 9.17) is 15.2 Å². The average molecular weight is 250 g/mol. The summed E-state index contributed by atoms with van der Waals surface area (Å²) in [5, 5.41) is 9.93. The molecule has 0 amide bonds. The molecule has 5 heteroatoms. The van der Waals surface area contributed by atoms with Gasteiger partial charge in [0.25, 0.3) is 0 Å². The minimum absolute atomic E-state index is 0.157. The number of likely N-dealkylation sites (tertiary alicyclic amines) is 1. The molecule has 0 aromatic heterocycles. The Labute approximate surface area is 106 Å². The van der Waals surface area contributed by atoms with E-state index in [0.29, 0.717) is 30.0 Å². The van der Waals surface area contributed by atoms with E-state index in [0.717, 1.165) is 18.5 Å². The van der Waals surface area contributed by atoms with Crippen LogP contribution in [0.3, 0.4) is 0 Å². The molecule has 0 aliphatic carbocycles. The maximum atomic E-state index is 9.93. The Balaban J connectivity index is 1.91. The zero-order valence-corrected chi connectivity index (χ0v) is 10.4. The quantitative estimate of drug-likeness (QED) is 0.822. The second-order valence-corrected chi connectivity index (χ2v) is 5.07. The highest BCUT2D eigenvalue weighted by atomic mass is 16.7. The van der Waals surface area contributed by atoms with E-state index in [9.17, 15) is 5.11 Å². The Kier molecular flexibility index (Phi) is 2.80. The number of ether oxygens (including phenoxy) is 2. The standard InChI is InChI=1S/C13H18N2O3/c1-15-6-8(5-14)2-10(15)9-3-11(16)13-12(4-9)17-7-18-13/h3-4,8,10,16H,2,5-7,14H2,1H3. The van der Waals surface area contributed by atoms with Gasteiger partial charge in [0.2, 0.25) is 12.5 Å². The van der Waals surface area contributed by atoms with Gasteiger partial charge in [-0.2, -0.15) is 0 Å². The van der Waals surface area contributed by atoms with Crippen molar-refractivity contribution in [2.75, 3.05) is 26.9 Å². The Morgan fingerprint density at radius 3 is 3.00 bits per heavy atom. The van der Waals surface area contributed by atoms with Gasteiger partial charge >= 0.3 is 0 Å².